The molecule has 39 heavy (non-hydrogen) atoms. The third kappa shape index (κ3) is 5.87. The minimum Gasteiger partial charge on any atom is -0.493 e. The number of ether oxygens (including phenoxy) is 1. The van der Waals surface area contributed by atoms with Gasteiger partial charge in [-0.05, 0) is 61.1 Å². The van der Waals surface area contributed by atoms with Crippen LogP contribution in [0.4, 0.5) is 5.69 Å². The first kappa shape index (κ1) is 26.6. The van der Waals surface area contributed by atoms with E-state index in [4.69, 9.17) is 19.7 Å². The summed E-state index contributed by atoms with van der Waals surface area (Å²) < 4.78 is 11.3. The van der Waals surface area contributed by atoms with Crippen molar-refractivity contribution in [1.82, 2.24) is 9.80 Å². The summed E-state index contributed by atoms with van der Waals surface area (Å²) in [4.78, 5) is 19.8. The van der Waals surface area contributed by atoms with E-state index in [0.29, 0.717) is 43.0 Å². The topological polar surface area (TPSA) is 96.7 Å². The number of anilines is 1. The molecule has 0 atom stereocenters. The predicted octanol–water partition coefficient (Wildman–Crippen LogP) is 5.20. The van der Waals surface area contributed by atoms with Gasteiger partial charge in [-0.2, -0.15) is 10.5 Å². The first-order chi connectivity index (χ1) is 19.0. The van der Waals surface area contributed by atoms with Crippen LogP contribution in [0.3, 0.4) is 0 Å². The second-order valence-corrected chi connectivity index (χ2v) is 10.7. The standard InChI is InChI=1S/C31H35N5O3/c1-38-27-6-2-5-25-21-28(39-29(25)27)30(37)36-19-12-31(13-20-36)11-18-34(23-31)22-24-7-9-26(10-8-24)35(16-3-14-32)17-4-15-33/h2,5-10,21H,3-4,11-13,16-20,22-23H2,1H3. The lowest BCUT2D eigenvalue weighted by molar-refractivity contribution is 0.0560. The van der Waals surface area contributed by atoms with E-state index >= 15 is 0 Å². The molecule has 0 saturated carbocycles. The lowest BCUT2D eigenvalue weighted by Gasteiger charge is -2.39. The van der Waals surface area contributed by atoms with Gasteiger partial charge in [0.15, 0.2) is 17.1 Å². The van der Waals surface area contributed by atoms with E-state index in [-0.39, 0.29) is 11.3 Å². The minimum absolute atomic E-state index is 0.0448. The number of rotatable bonds is 9. The zero-order valence-corrected chi connectivity index (χ0v) is 22.6. The second kappa shape index (κ2) is 11.8. The Morgan fingerprint density at radius 2 is 1.72 bits per heavy atom. The van der Waals surface area contributed by atoms with Crippen LogP contribution in [0.2, 0.25) is 0 Å². The highest BCUT2D eigenvalue weighted by Gasteiger charge is 2.41. The summed E-state index contributed by atoms with van der Waals surface area (Å²) in [5.41, 5.74) is 3.21. The lowest BCUT2D eigenvalue weighted by Crippen LogP contribution is -2.44. The Morgan fingerprint density at radius 1 is 1.03 bits per heavy atom. The third-order valence-corrected chi connectivity index (χ3v) is 8.26. The number of methoxy groups -OCH3 is 1. The lowest BCUT2D eigenvalue weighted by atomic mass is 9.77. The summed E-state index contributed by atoms with van der Waals surface area (Å²) in [5, 5.41) is 18.8. The average molecular weight is 526 g/mol. The molecule has 5 rings (SSSR count). The zero-order valence-electron chi connectivity index (χ0n) is 22.6. The number of fused-ring (bicyclic) bond motifs is 1. The number of likely N-dealkylation sites (tertiary alicyclic amines) is 2. The van der Waals surface area contributed by atoms with Crippen molar-refractivity contribution in [3.05, 3.63) is 59.9 Å². The number of benzene rings is 2. The van der Waals surface area contributed by atoms with Crippen molar-refractivity contribution in [2.45, 2.75) is 38.6 Å². The van der Waals surface area contributed by atoms with Gasteiger partial charge in [-0.15, -0.1) is 0 Å². The van der Waals surface area contributed by atoms with E-state index in [2.05, 4.69) is 46.2 Å². The molecule has 2 aliphatic heterocycles. The zero-order chi connectivity index (χ0) is 27.2. The molecule has 202 valence electrons. The second-order valence-electron chi connectivity index (χ2n) is 10.7. The molecule has 1 spiro atoms. The van der Waals surface area contributed by atoms with Gasteiger partial charge in [0, 0.05) is 50.3 Å². The van der Waals surface area contributed by atoms with Crippen LogP contribution >= 0.6 is 0 Å². The van der Waals surface area contributed by atoms with Crippen molar-refractivity contribution in [3.63, 3.8) is 0 Å². The number of carbonyl (C=O) groups is 1. The summed E-state index contributed by atoms with van der Waals surface area (Å²) in [6, 6.07) is 20.4. The van der Waals surface area contributed by atoms with E-state index in [1.165, 1.54) is 5.56 Å². The summed E-state index contributed by atoms with van der Waals surface area (Å²) in [5.74, 6) is 0.970. The molecule has 8 heteroatoms. The number of piperidine rings is 1. The van der Waals surface area contributed by atoms with Crippen LogP contribution in [-0.4, -0.2) is 62.1 Å². The highest BCUT2D eigenvalue weighted by atomic mass is 16.5. The first-order valence-corrected chi connectivity index (χ1v) is 13.7. The Morgan fingerprint density at radius 3 is 2.38 bits per heavy atom. The highest BCUT2D eigenvalue weighted by molar-refractivity contribution is 5.97. The predicted molar refractivity (Wildman–Crippen MR) is 149 cm³/mol. The Hall–Kier alpha value is -4.01. The first-order valence-electron chi connectivity index (χ1n) is 13.7. The fraction of sp³-hybridized carbons (Fsp3) is 0.452. The Bertz CT molecular complexity index is 1360. The van der Waals surface area contributed by atoms with Crippen LogP contribution in [0, 0.1) is 28.1 Å². The number of amides is 1. The normalized spacial score (nSPS) is 16.7. The van der Waals surface area contributed by atoms with Gasteiger partial charge in [0.2, 0.25) is 0 Å². The molecule has 1 amide bonds. The average Bonchev–Trinajstić information content (AvgIpc) is 3.58. The number of nitriles is 2. The molecule has 0 unspecified atom stereocenters. The summed E-state index contributed by atoms with van der Waals surface area (Å²) in [6.07, 6.45) is 4.05. The molecule has 3 heterocycles. The molecule has 0 radical (unpaired) electrons. The van der Waals surface area contributed by atoms with E-state index in [0.717, 1.165) is 63.1 Å². The molecule has 0 aliphatic carbocycles. The molecule has 0 N–H and O–H groups in total. The van der Waals surface area contributed by atoms with Crippen LogP contribution in [0.1, 0.15) is 48.2 Å². The number of hydrogen-bond acceptors (Lipinski definition) is 7. The Labute approximate surface area is 229 Å². The van der Waals surface area contributed by atoms with E-state index in [9.17, 15) is 4.79 Å². The van der Waals surface area contributed by atoms with Crippen molar-refractivity contribution in [1.29, 1.82) is 10.5 Å². The quantitative estimate of drug-likeness (QED) is 0.379. The third-order valence-electron chi connectivity index (χ3n) is 8.26. The smallest absolute Gasteiger partial charge is 0.289 e. The molecule has 0 bridgehead atoms. The van der Waals surface area contributed by atoms with Crippen LogP contribution < -0.4 is 9.64 Å². The van der Waals surface area contributed by atoms with Crippen LogP contribution in [-0.2, 0) is 6.54 Å². The van der Waals surface area contributed by atoms with Gasteiger partial charge in [0.1, 0.15) is 0 Å². The van der Waals surface area contributed by atoms with E-state index in [1.54, 1.807) is 7.11 Å². The monoisotopic (exact) mass is 525 g/mol. The van der Waals surface area contributed by atoms with Crippen LogP contribution in [0.25, 0.3) is 11.0 Å². The maximum atomic E-state index is 13.2. The molecule has 2 aliphatic rings. The minimum atomic E-state index is -0.0448. The fourth-order valence-electron chi connectivity index (χ4n) is 6.02. The van der Waals surface area contributed by atoms with Crippen molar-refractivity contribution < 1.29 is 13.9 Å². The van der Waals surface area contributed by atoms with Gasteiger partial charge >= 0.3 is 0 Å². The summed E-state index contributed by atoms with van der Waals surface area (Å²) in [7, 11) is 1.61. The van der Waals surface area contributed by atoms with Gasteiger partial charge in [-0.1, -0.05) is 24.3 Å². The van der Waals surface area contributed by atoms with Gasteiger partial charge in [0.05, 0.1) is 32.1 Å². The van der Waals surface area contributed by atoms with Crippen molar-refractivity contribution >= 4 is 22.6 Å². The van der Waals surface area contributed by atoms with Crippen LogP contribution in [0.5, 0.6) is 5.75 Å². The van der Waals surface area contributed by atoms with E-state index < -0.39 is 0 Å². The van der Waals surface area contributed by atoms with Crippen molar-refractivity contribution in [2.75, 3.05) is 51.3 Å². The number of furan rings is 1. The molecule has 2 fully saturated rings. The molecule has 8 nitrogen and oxygen atoms in total. The molecular weight excluding hydrogens is 490 g/mol. The molecular formula is C31H35N5O3. The SMILES string of the molecule is COc1cccc2cc(C(=O)N3CCC4(CCN(Cc5ccc(N(CCC#N)CCC#N)cc5)C4)CC3)oc12. The van der Waals surface area contributed by atoms with Crippen LogP contribution in [0.15, 0.2) is 52.9 Å². The fourth-order valence-corrected chi connectivity index (χ4v) is 6.02. The number of carbonyl (C=O) groups excluding carboxylic acids is 1. The Kier molecular flexibility index (Phi) is 8.05. The number of nitrogens with zero attached hydrogens (tertiary/aromatic N) is 5. The molecule has 2 aromatic carbocycles. The van der Waals surface area contributed by atoms with Crippen molar-refractivity contribution in [2.24, 2.45) is 5.41 Å². The molecule has 1 aromatic heterocycles. The molecule has 3 aromatic rings. The maximum absolute atomic E-state index is 13.2. The highest BCUT2D eigenvalue weighted by Crippen LogP contribution is 2.41. The summed E-state index contributed by atoms with van der Waals surface area (Å²) in [6.45, 7) is 5.78. The molecule has 2 saturated heterocycles. The number of hydrogen-bond donors (Lipinski definition) is 0. The van der Waals surface area contributed by atoms with Gasteiger partial charge in [-0.3, -0.25) is 9.69 Å². The maximum Gasteiger partial charge on any atom is 0.289 e. The van der Waals surface area contributed by atoms with Gasteiger partial charge in [-0.25, -0.2) is 0 Å². The van der Waals surface area contributed by atoms with Gasteiger partial charge in [0.25, 0.3) is 5.91 Å². The number of para-hydroxylation sites is 1. The van der Waals surface area contributed by atoms with Gasteiger partial charge < -0.3 is 19.0 Å². The summed E-state index contributed by atoms with van der Waals surface area (Å²) >= 11 is 0. The Balaban J connectivity index is 1.15. The largest absolute Gasteiger partial charge is 0.493 e. The van der Waals surface area contributed by atoms with E-state index in [1.807, 2.05) is 29.2 Å². The van der Waals surface area contributed by atoms with Crippen molar-refractivity contribution in [3.8, 4) is 17.9 Å².